The van der Waals surface area contributed by atoms with Crippen molar-refractivity contribution in [3.63, 3.8) is 0 Å². The van der Waals surface area contributed by atoms with E-state index in [1.807, 2.05) is 0 Å². The molecule has 0 saturated carbocycles. The highest BCUT2D eigenvalue weighted by atomic mass is 35.5. The van der Waals surface area contributed by atoms with E-state index in [0.29, 0.717) is 18.9 Å². The molecule has 27 heavy (non-hydrogen) atoms. The van der Waals surface area contributed by atoms with Gasteiger partial charge in [-0.05, 0) is 24.9 Å². The minimum Gasteiger partial charge on any atom is -0.370 e. The first kappa shape index (κ1) is 22.4. The van der Waals surface area contributed by atoms with E-state index >= 15 is 0 Å². The Balaban J connectivity index is 0.00000364. The number of nitro benzene ring substituents is 1. The Morgan fingerprint density at radius 3 is 2.33 bits per heavy atom. The van der Waals surface area contributed by atoms with Gasteiger partial charge >= 0.3 is 5.69 Å². The summed E-state index contributed by atoms with van der Waals surface area (Å²) in [5.74, 6) is 0.491. The van der Waals surface area contributed by atoms with Crippen LogP contribution < -0.4 is 21.9 Å². The van der Waals surface area contributed by atoms with E-state index in [2.05, 4.69) is 10.6 Å². The number of aromatic nitrogens is 2. The number of aryl methyl sites for hydroxylation is 1. The molecule has 1 aromatic carbocycles. The van der Waals surface area contributed by atoms with Gasteiger partial charge in [-0.2, -0.15) is 0 Å². The van der Waals surface area contributed by atoms with Gasteiger partial charge in [0.2, 0.25) is 0 Å². The number of hydrogen-bond donors (Lipinski definition) is 2. The summed E-state index contributed by atoms with van der Waals surface area (Å²) < 4.78 is 2.46. The van der Waals surface area contributed by atoms with Gasteiger partial charge in [0.05, 0.1) is 4.92 Å². The fourth-order valence-corrected chi connectivity index (χ4v) is 2.51. The van der Waals surface area contributed by atoms with E-state index in [0.717, 1.165) is 29.5 Å². The maximum absolute atomic E-state index is 11.8. The highest BCUT2D eigenvalue weighted by molar-refractivity contribution is 5.85. The van der Waals surface area contributed by atoms with Crippen LogP contribution in [0.4, 0.5) is 11.5 Å². The predicted octanol–water partition coefficient (Wildman–Crippen LogP) is 1.05. The van der Waals surface area contributed by atoms with Crippen molar-refractivity contribution in [2.24, 2.45) is 14.1 Å². The minimum absolute atomic E-state index is 0. The molecule has 0 bridgehead atoms. The first-order chi connectivity index (χ1) is 12.4. The van der Waals surface area contributed by atoms with Gasteiger partial charge in [0.25, 0.3) is 11.2 Å². The molecule has 0 aliphatic heterocycles. The van der Waals surface area contributed by atoms with Gasteiger partial charge in [-0.25, -0.2) is 4.79 Å². The quantitative estimate of drug-likeness (QED) is 0.371. The van der Waals surface area contributed by atoms with Gasteiger partial charge in [-0.15, -0.1) is 12.4 Å². The predicted molar refractivity (Wildman–Crippen MR) is 107 cm³/mol. The van der Waals surface area contributed by atoms with Crippen LogP contribution in [-0.2, 0) is 20.5 Å². The van der Waals surface area contributed by atoms with Crippen LogP contribution in [0.15, 0.2) is 39.9 Å². The Morgan fingerprint density at radius 2 is 1.70 bits per heavy atom. The zero-order valence-corrected chi connectivity index (χ0v) is 16.1. The molecule has 10 heteroatoms. The molecular formula is C17H24ClN5O4. The second-order valence-electron chi connectivity index (χ2n) is 5.97. The second-order valence-corrected chi connectivity index (χ2v) is 5.97. The number of nitrogens with one attached hydrogen (secondary N) is 2. The molecule has 2 aromatic rings. The van der Waals surface area contributed by atoms with Crippen molar-refractivity contribution in [3.8, 4) is 0 Å². The van der Waals surface area contributed by atoms with E-state index < -0.39 is 4.92 Å². The number of rotatable bonds is 9. The molecule has 0 fully saturated rings. The van der Waals surface area contributed by atoms with Gasteiger partial charge in [-0.1, -0.05) is 12.1 Å². The summed E-state index contributed by atoms with van der Waals surface area (Å²) in [4.78, 5) is 33.6. The highest BCUT2D eigenvalue weighted by Crippen LogP contribution is 2.12. The summed E-state index contributed by atoms with van der Waals surface area (Å²) in [5.41, 5.74) is 0.455. The summed E-state index contributed by atoms with van der Waals surface area (Å²) in [5, 5.41) is 16.9. The van der Waals surface area contributed by atoms with Crippen molar-refractivity contribution in [2.75, 3.05) is 25.0 Å². The molecule has 0 radical (unpaired) electrons. The molecule has 0 aliphatic rings. The summed E-state index contributed by atoms with van der Waals surface area (Å²) in [6.07, 6.45) is 1.74. The Kier molecular flexibility index (Phi) is 8.70. The van der Waals surface area contributed by atoms with E-state index in [1.54, 1.807) is 19.2 Å². The van der Waals surface area contributed by atoms with Crippen LogP contribution in [0.5, 0.6) is 0 Å². The molecule has 0 aliphatic carbocycles. The molecular weight excluding hydrogens is 374 g/mol. The van der Waals surface area contributed by atoms with Gasteiger partial charge in [0.15, 0.2) is 0 Å². The average Bonchev–Trinajstić information content (AvgIpc) is 2.63. The maximum Gasteiger partial charge on any atom is 0.332 e. The first-order valence-electron chi connectivity index (χ1n) is 8.35. The molecule has 1 aromatic heterocycles. The summed E-state index contributed by atoms with van der Waals surface area (Å²) in [7, 11) is 3.06. The van der Waals surface area contributed by atoms with Crippen molar-refractivity contribution in [3.05, 3.63) is 66.8 Å². The lowest BCUT2D eigenvalue weighted by Crippen LogP contribution is -2.38. The molecule has 1 heterocycles. The van der Waals surface area contributed by atoms with E-state index in [9.17, 15) is 19.7 Å². The van der Waals surface area contributed by atoms with Gasteiger partial charge in [0.1, 0.15) is 5.82 Å². The Hall–Kier alpha value is -2.65. The van der Waals surface area contributed by atoms with Crippen LogP contribution in [0.2, 0.25) is 0 Å². The summed E-state index contributed by atoms with van der Waals surface area (Å²) in [6.45, 7) is 2.07. The lowest BCUT2D eigenvalue weighted by Gasteiger charge is -2.12. The van der Waals surface area contributed by atoms with Crippen LogP contribution in [0, 0.1) is 10.1 Å². The summed E-state index contributed by atoms with van der Waals surface area (Å²) >= 11 is 0. The fourth-order valence-electron chi connectivity index (χ4n) is 2.51. The standard InChI is InChI=1S/C17H23N5O4.ClH/c1-20-15(12-16(23)21(2)17(20)24)19-11-10-18-9-3-4-13-5-7-14(8-6-13)22(25)26;/h5-8,12,18-19H,3-4,9-11H2,1-2H3;1H. The monoisotopic (exact) mass is 397 g/mol. The van der Waals surface area contributed by atoms with Crippen molar-refractivity contribution < 1.29 is 4.92 Å². The Morgan fingerprint density at radius 1 is 1.04 bits per heavy atom. The summed E-state index contributed by atoms with van der Waals surface area (Å²) in [6, 6.07) is 7.98. The van der Waals surface area contributed by atoms with Gasteiger partial charge < -0.3 is 10.6 Å². The minimum atomic E-state index is -0.406. The largest absolute Gasteiger partial charge is 0.370 e. The zero-order valence-electron chi connectivity index (χ0n) is 15.3. The fraction of sp³-hybridized carbons (Fsp3) is 0.412. The maximum atomic E-state index is 11.8. The average molecular weight is 398 g/mol. The SMILES string of the molecule is Cl.Cn1c(NCCNCCCc2ccc([N+](=O)[O-])cc2)cc(=O)n(C)c1=O. The number of anilines is 1. The molecule has 0 unspecified atom stereocenters. The molecule has 0 spiro atoms. The third kappa shape index (κ3) is 6.22. The van der Waals surface area contributed by atoms with Crippen LogP contribution in [0.3, 0.4) is 0 Å². The lowest BCUT2D eigenvalue weighted by molar-refractivity contribution is -0.384. The van der Waals surface area contributed by atoms with E-state index in [-0.39, 0.29) is 29.3 Å². The highest BCUT2D eigenvalue weighted by Gasteiger charge is 2.05. The molecule has 0 atom stereocenters. The van der Waals surface area contributed by atoms with Crippen LogP contribution in [0.25, 0.3) is 0 Å². The Labute approximate surface area is 162 Å². The third-order valence-electron chi connectivity index (χ3n) is 4.10. The van der Waals surface area contributed by atoms with E-state index in [4.69, 9.17) is 0 Å². The molecule has 9 nitrogen and oxygen atoms in total. The van der Waals surface area contributed by atoms with Gasteiger partial charge in [0, 0.05) is 45.4 Å². The number of non-ortho nitro benzene ring substituents is 1. The Bertz CT molecular complexity index is 876. The third-order valence-corrected chi connectivity index (χ3v) is 4.10. The van der Waals surface area contributed by atoms with Crippen LogP contribution in [-0.4, -0.2) is 33.7 Å². The zero-order chi connectivity index (χ0) is 19.1. The molecule has 0 amide bonds. The number of nitro groups is 1. The van der Waals surface area contributed by atoms with Crippen LogP contribution in [0.1, 0.15) is 12.0 Å². The van der Waals surface area contributed by atoms with Crippen molar-refractivity contribution in [2.45, 2.75) is 12.8 Å². The van der Waals surface area contributed by atoms with Crippen molar-refractivity contribution >= 4 is 23.9 Å². The van der Waals surface area contributed by atoms with E-state index in [1.165, 1.54) is 29.8 Å². The normalized spacial score (nSPS) is 10.3. The number of nitrogens with zero attached hydrogens (tertiary/aromatic N) is 3. The van der Waals surface area contributed by atoms with Crippen molar-refractivity contribution in [1.29, 1.82) is 0 Å². The number of hydrogen-bond acceptors (Lipinski definition) is 6. The number of benzene rings is 1. The number of halogens is 1. The lowest BCUT2D eigenvalue weighted by atomic mass is 10.1. The molecule has 2 rings (SSSR count). The topological polar surface area (TPSA) is 111 Å². The molecule has 2 N–H and O–H groups in total. The smallest absolute Gasteiger partial charge is 0.332 e. The van der Waals surface area contributed by atoms with Crippen LogP contribution >= 0.6 is 12.4 Å². The van der Waals surface area contributed by atoms with Crippen molar-refractivity contribution in [1.82, 2.24) is 14.5 Å². The molecule has 148 valence electrons. The first-order valence-corrected chi connectivity index (χ1v) is 8.35. The second kappa shape index (κ2) is 10.5. The molecule has 0 saturated heterocycles. The van der Waals surface area contributed by atoms with Gasteiger partial charge in [-0.3, -0.25) is 24.0 Å².